The van der Waals surface area contributed by atoms with E-state index in [2.05, 4.69) is 16.8 Å². The van der Waals surface area contributed by atoms with Crippen LogP contribution in [0.1, 0.15) is 43.7 Å². The fraction of sp³-hybridized carbons (Fsp3) is 0.478. The Morgan fingerprint density at radius 2 is 2.03 bits per heavy atom. The minimum absolute atomic E-state index is 0.0458. The third-order valence-corrected chi connectivity index (χ3v) is 6.60. The number of urea groups is 1. The number of hydrogen-bond acceptors (Lipinski definition) is 4. The van der Waals surface area contributed by atoms with Crippen molar-refractivity contribution in [3.05, 3.63) is 51.2 Å². The van der Waals surface area contributed by atoms with Crippen molar-refractivity contribution in [2.24, 2.45) is 0 Å². The average Bonchev–Trinajstić information content (AvgIpc) is 3.24. The molecule has 1 aromatic carbocycles. The third-order valence-electron chi connectivity index (χ3n) is 5.35. The second-order valence-corrected chi connectivity index (χ2v) is 9.31. The van der Waals surface area contributed by atoms with Crippen molar-refractivity contribution in [3.63, 3.8) is 0 Å². The van der Waals surface area contributed by atoms with Crippen LogP contribution in [0.4, 0.5) is 4.79 Å². The molecule has 0 aliphatic carbocycles. The fourth-order valence-electron chi connectivity index (χ4n) is 3.64. The lowest BCUT2D eigenvalue weighted by Gasteiger charge is -2.37. The minimum atomic E-state index is -0.201. The lowest BCUT2D eigenvalue weighted by molar-refractivity contribution is -0.135. The van der Waals surface area contributed by atoms with E-state index < -0.39 is 0 Å². The summed E-state index contributed by atoms with van der Waals surface area (Å²) in [5.74, 6) is 0.642. The highest BCUT2D eigenvalue weighted by atomic mass is 35.5. The molecule has 1 N–H and O–H groups in total. The van der Waals surface area contributed by atoms with Crippen molar-refractivity contribution in [2.75, 3.05) is 26.2 Å². The first-order chi connectivity index (χ1) is 14.9. The number of halogens is 1. The summed E-state index contributed by atoms with van der Waals surface area (Å²) in [5, 5.41) is 5.59. The molecule has 1 aliphatic rings. The number of nitrogens with zero attached hydrogens (tertiary/aromatic N) is 2. The number of carbonyl (C=O) groups is 2. The van der Waals surface area contributed by atoms with Gasteiger partial charge < -0.3 is 19.9 Å². The highest BCUT2D eigenvalue weighted by Crippen LogP contribution is 2.34. The normalized spacial score (nSPS) is 15.5. The van der Waals surface area contributed by atoms with Gasteiger partial charge in [0.2, 0.25) is 5.91 Å². The number of amides is 3. The Hall–Kier alpha value is -2.25. The van der Waals surface area contributed by atoms with Crippen LogP contribution in [-0.4, -0.2) is 54.0 Å². The molecule has 0 fully saturated rings. The molecule has 0 bridgehead atoms. The van der Waals surface area contributed by atoms with Crippen LogP contribution in [0.25, 0.3) is 0 Å². The Morgan fingerprint density at radius 1 is 1.29 bits per heavy atom. The number of rotatable bonds is 8. The van der Waals surface area contributed by atoms with E-state index in [0.717, 1.165) is 18.4 Å². The molecule has 2 heterocycles. The van der Waals surface area contributed by atoms with Crippen LogP contribution < -0.4 is 10.1 Å². The summed E-state index contributed by atoms with van der Waals surface area (Å²) in [6, 6.07) is 8.82. The maximum Gasteiger partial charge on any atom is 0.318 e. The first kappa shape index (κ1) is 23.4. The van der Waals surface area contributed by atoms with Gasteiger partial charge in [-0.2, -0.15) is 0 Å². The van der Waals surface area contributed by atoms with E-state index in [1.54, 1.807) is 28.4 Å². The third kappa shape index (κ3) is 5.92. The van der Waals surface area contributed by atoms with Crippen LogP contribution in [0.2, 0.25) is 5.02 Å². The molecule has 3 amide bonds. The zero-order valence-corrected chi connectivity index (χ0v) is 19.8. The van der Waals surface area contributed by atoms with Gasteiger partial charge >= 0.3 is 6.03 Å². The van der Waals surface area contributed by atoms with E-state index >= 15 is 0 Å². The first-order valence-corrected chi connectivity index (χ1v) is 11.9. The van der Waals surface area contributed by atoms with Gasteiger partial charge in [-0.25, -0.2) is 4.79 Å². The van der Waals surface area contributed by atoms with Crippen molar-refractivity contribution >= 4 is 34.9 Å². The second-order valence-electron chi connectivity index (χ2n) is 7.87. The van der Waals surface area contributed by atoms with Crippen LogP contribution in [0, 0.1) is 0 Å². The largest absolute Gasteiger partial charge is 0.491 e. The Balaban J connectivity index is 1.74. The fourth-order valence-corrected chi connectivity index (χ4v) is 4.69. The van der Waals surface area contributed by atoms with Gasteiger partial charge in [-0.15, -0.1) is 11.3 Å². The summed E-state index contributed by atoms with van der Waals surface area (Å²) in [7, 11) is 0. The highest BCUT2D eigenvalue weighted by Gasteiger charge is 2.34. The number of nitrogens with one attached hydrogen (secondary N) is 1. The number of hydrogen-bond donors (Lipinski definition) is 1. The van der Waals surface area contributed by atoms with E-state index in [-0.39, 0.29) is 30.6 Å². The van der Waals surface area contributed by atoms with Gasteiger partial charge in [-0.3, -0.25) is 4.79 Å². The lowest BCUT2D eigenvalue weighted by Crippen LogP contribution is -2.51. The van der Waals surface area contributed by atoms with Crippen molar-refractivity contribution in [1.29, 1.82) is 0 Å². The van der Waals surface area contributed by atoms with Gasteiger partial charge in [0.25, 0.3) is 0 Å². The van der Waals surface area contributed by atoms with Crippen LogP contribution >= 0.6 is 22.9 Å². The number of ether oxygens (including phenoxy) is 1. The molecule has 0 spiro atoms. The van der Waals surface area contributed by atoms with Crippen LogP contribution in [0.15, 0.2) is 35.7 Å². The molecule has 31 heavy (non-hydrogen) atoms. The van der Waals surface area contributed by atoms with E-state index in [4.69, 9.17) is 16.3 Å². The SMILES string of the molecule is CCCNC(=O)N(CC(=O)N1CCc2sccc2C1COc1ccc(Cl)cc1)C(C)C. The Kier molecular flexibility index (Phi) is 8.21. The average molecular weight is 464 g/mol. The van der Waals surface area contributed by atoms with E-state index in [9.17, 15) is 9.59 Å². The van der Waals surface area contributed by atoms with Crippen molar-refractivity contribution in [1.82, 2.24) is 15.1 Å². The quantitative estimate of drug-likeness (QED) is 0.615. The molecule has 0 saturated heterocycles. The standard InChI is InChI=1S/C23H30ClN3O3S/c1-4-11-25-23(29)27(16(2)3)14-22(28)26-12-9-21-19(10-13-31-21)20(26)15-30-18-7-5-17(24)6-8-18/h5-8,10,13,16,20H,4,9,11-12,14-15H2,1-3H3,(H,25,29). The summed E-state index contributed by atoms with van der Waals surface area (Å²) in [5.41, 5.74) is 1.13. The molecule has 8 heteroatoms. The predicted octanol–water partition coefficient (Wildman–Crippen LogP) is 4.74. The lowest BCUT2D eigenvalue weighted by atomic mass is 10.0. The summed E-state index contributed by atoms with van der Waals surface area (Å²) < 4.78 is 6.02. The molecular formula is C23H30ClN3O3S. The molecule has 1 atom stereocenters. The van der Waals surface area contributed by atoms with Gasteiger partial charge in [-0.05, 0) is 68.0 Å². The molecule has 3 rings (SSSR count). The summed E-state index contributed by atoms with van der Waals surface area (Å²) in [6.45, 7) is 7.45. The molecule has 6 nitrogen and oxygen atoms in total. The number of thiophene rings is 1. The monoisotopic (exact) mass is 463 g/mol. The molecule has 1 aliphatic heterocycles. The Morgan fingerprint density at radius 3 is 2.71 bits per heavy atom. The topological polar surface area (TPSA) is 61.9 Å². The highest BCUT2D eigenvalue weighted by molar-refractivity contribution is 7.10. The van der Waals surface area contributed by atoms with Gasteiger partial charge in [0.15, 0.2) is 0 Å². The maximum absolute atomic E-state index is 13.3. The molecule has 168 valence electrons. The van der Waals surface area contributed by atoms with Crippen LogP contribution in [-0.2, 0) is 11.2 Å². The molecular weight excluding hydrogens is 434 g/mol. The minimum Gasteiger partial charge on any atom is -0.491 e. The van der Waals surface area contributed by atoms with Gasteiger partial charge in [-0.1, -0.05) is 18.5 Å². The molecule has 0 radical (unpaired) electrons. The van der Waals surface area contributed by atoms with Crippen molar-refractivity contribution in [2.45, 2.75) is 45.7 Å². The van der Waals surface area contributed by atoms with E-state index in [1.807, 2.05) is 37.8 Å². The van der Waals surface area contributed by atoms with Crippen molar-refractivity contribution < 1.29 is 14.3 Å². The predicted molar refractivity (Wildman–Crippen MR) is 125 cm³/mol. The number of fused-ring (bicyclic) bond motifs is 1. The smallest absolute Gasteiger partial charge is 0.318 e. The zero-order valence-electron chi connectivity index (χ0n) is 18.3. The Labute approximate surface area is 193 Å². The van der Waals surface area contributed by atoms with Gasteiger partial charge in [0.05, 0.1) is 6.04 Å². The summed E-state index contributed by atoms with van der Waals surface area (Å²) >= 11 is 7.68. The van der Waals surface area contributed by atoms with Gasteiger partial charge in [0.1, 0.15) is 18.9 Å². The second kappa shape index (κ2) is 10.9. The Bertz CT molecular complexity index is 884. The molecule has 1 aromatic heterocycles. The van der Waals surface area contributed by atoms with Gasteiger partial charge in [0, 0.05) is 29.0 Å². The maximum atomic E-state index is 13.3. The molecule has 2 aromatic rings. The molecule has 1 unspecified atom stereocenters. The van der Waals surface area contributed by atoms with Crippen LogP contribution in [0.3, 0.4) is 0 Å². The van der Waals surface area contributed by atoms with E-state index in [1.165, 1.54) is 4.88 Å². The van der Waals surface area contributed by atoms with E-state index in [0.29, 0.717) is 30.5 Å². The zero-order chi connectivity index (χ0) is 22.4. The first-order valence-electron chi connectivity index (χ1n) is 10.7. The summed E-state index contributed by atoms with van der Waals surface area (Å²) in [4.78, 5) is 30.6. The number of benzene rings is 1. The number of carbonyl (C=O) groups excluding carboxylic acids is 2. The summed E-state index contributed by atoms with van der Waals surface area (Å²) in [6.07, 6.45) is 1.67. The van der Waals surface area contributed by atoms with Crippen LogP contribution in [0.5, 0.6) is 5.75 Å². The molecule has 0 saturated carbocycles. The van der Waals surface area contributed by atoms with Crippen molar-refractivity contribution in [3.8, 4) is 5.75 Å².